The first kappa shape index (κ1) is 23.7. The summed E-state index contributed by atoms with van der Waals surface area (Å²) in [4.78, 5) is 0. The van der Waals surface area contributed by atoms with Crippen LogP contribution in [0.15, 0.2) is 0 Å². The van der Waals surface area contributed by atoms with Crippen molar-refractivity contribution in [3.8, 4) is 0 Å². The Hall–Kier alpha value is -0.0400. The second-order valence-corrected chi connectivity index (χ2v) is 15.4. The predicted octanol–water partition coefficient (Wildman–Crippen LogP) is 8.76. The first-order valence-corrected chi connectivity index (χ1v) is 14.4. The van der Waals surface area contributed by atoms with Crippen LogP contribution in [0, 0.1) is 62.6 Å². The number of rotatable bonds is 2. The van der Waals surface area contributed by atoms with Gasteiger partial charge in [0.2, 0.25) is 0 Å². The van der Waals surface area contributed by atoms with E-state index in [1.807, 2.05) is 7.11 Å². The van der Waals surface area contributed by atoms with Crippen LogP contribution in [0.5, 0.6) is 0 Å². The van der Waals surface area contributed by atoms with E-state index < -0.39 is 0 Å². The minimum atomic E-state index is 0.306. The highest BCUT2D eigenvalue weighted by Crippen LogP contribution is 2.77. The summed E-state index contributed by atoms with van der Waals surface area (Å²) in [6.45, 7) is 21.2. The molecule has 5 aliphatic rings. The van der Waals surface area contributed by atoms with Gasteiger partial charge < -0.3 is 4.74 Å². The van der Waals surface area contributed by atoms with Gasteiger partial charge >= 0.3 is 0 Å². The van der Waals surface area contributed by atoms with Crippen LogP contribution in [0.3, 0.4) is 0 Å². The third-order valence-corrected chi connectivity index (χ3v) is 14.0. The number of hydrogen-bond donors (Lipinski definition) is 0. The lowest BCUT2D eigenvalue weighted by Crippen LogP contribution is -2.66. The minimum Gasteiger partial charge on any atom is -0.381 e. The van der Waals surface area contributed by atoms with Crippen LogP contribution < -0.4 is 0 Å². The highest BCUT2D eigenvalue weighted by Gasteiger charge is 2.70. The molecule has 184 valence electrons. The quantitative estimate of drug-likeness (QED) is 0.415. The molecule has 0 heterocycles. The van der Waals surface area contributed by atoms with E-state index in [9.17, 15) is 0 Å². The van der Waals surface area contributed by atoms with Gasteiger partial charge in [0.15, 0.2) is 0 Å². The van der Waals surface area contributed by atoms with Crippen LogP contribution in [0.4, 0.5) is 0 Å². The molecule has 0 N–H and O–H groups in total. The van der Waals surface area contributed by atoms with Crippen molar-refractivity contribution in [1.82, 2.24) is 0 Å². The molecule has 0 aromatic heterocycles. The summed E-state index contributed by atoms with van der Waals surface area (Å²) in [5.41, 5.74) is 2.48. The molecular weight excluding hydrogens is 388 g/mol. The first-order valence-electron chi connectivity index (χ1n) is 14.4. The van der Waals surface area contributed by atoms with Crippen molar-refractivity contribution >= 4 is 0 Å². The van der Waals surface area contributed by atoms with Crippen molar-refractivity contribution in [3.05, 3.63) is 0 Å². The zero-order valence-corrected chi connectivity index (χ0v) is 23.0. The molecule has 0 aromatic carbocycles. The van der Waals surface area contributed by atoms with Gasteiger partial charge in [0, 0.05) is 7.11 Å². The van der Waals surface area contributed by atoms with Gasteiger partial charge in [0.25, 0.3) is 0 Å². The summed E-state index contributed by atoms with van der Waals surface area (Å²) in [5, 5.41) is 0. The predicted molar refractivity (Wildman–Crippen MR) is 135 cm³/mol. The van der Waals surface area contributed by atoms with Gasteiger partial charge in [0.05, 0.1) is 6.10 Å². The molecule has 5 aliphatic carbocycles. The molecular formula is C31H54O. The van der Waals surface area contributed by atoms with Crippen molar-refractivity contribution in [2.45, 2.75) is 126 Å². The van der Waals surface area contributed by atoms with Crippen LogP contribution >= 0.6 is 0 Å². The highest BCUT2D eigenvalue weighted by atomic mass is 16.5. The zero-order valence-electron chi connectivity index (χ0n) is 23.0. The Morgan fingerprint density at radius 1 is 0.688 bits per heavy atom. The Morgan fingerprint density at radius 2 is 1.41 bits per heavy atom. The SMILES string of the molecule is COC1CC[C@@]2(C)C(CC[C@]3(C)C2CCC2C4C(C(C)C)CC[C@]4(C)CC[C@]23C)C1(C)C. The van der Waals surface area contributed by atoms with E-state index in [2.05, 4.69) is 55.4 Å². The van der Waals surface area contributed by atoms with E-state index in [0.717, 1.165) is 35.5 Å². The Morgan fingerprint density at radius 3 is 2.06 bits per heavy atom. The van der Waals surface area contributed by atoms with Crippen LogP contribution in [0.25, 0.3) is 0 Å². The monoisotopic (exact) mass is 442 g/mol. The molecule has 0 spiro atoms. The summed E-state index contributed by atoms with van der Waals surface area (Å²) in [6.07, 6.45) is 15.0. The smallest absolute Gasteiger partial charge is 0.0625 e. The molecule has 1 nitrogen and oxygen atoms in total. The van der Waals surface area contributed by atoms with Gasteiger partial charge in [0.1, 0.15) is 0 Å². The third-order valence-electron chi connectivity index (χ3n) is 14.0. The number of ether oxygens (including phenoxy) is 1. The average Bonchev–Trinajstić information content (AvgIpc) is 3.06. The van der Waals surface area contributed by atoms with E-state index >= 15 is 0 Å². The normalized spacial score (nSPS) is 56.8. The molecule has 5 rings (SSSR count). The molecule has 0 aliphatic heterocycles. The summed E-state index contributed by atoms with van der Waals surface area (Å²) in [6, 6.07) is 0. The standard InChI is InChI=1S/C31H54O/c1-20(2)21-12-15-28(5)18-19-30(7)22(26(21)28)10-11-24-29(6)16-14-25(32-9)27(3,4)23(29)13-17-31(24,30)8/h20-26H,10-19H2,1-9H3/t21?,22?,23?,24?,25?,26?,28-,29+,30-,31-/m1/s1. The lowest BCUT2D eigenvalue weighted by Gasteiger charge is -2.73. The molecule has 6 unspecified atom stereocenters. The highest BCUT2D eigenvalue weighted by molar-refractivity contribution is 5.19. The molecule has 0 radical (unpaired) electrons. The van der Waals surface area contributed by atoms with Gasteiger partial charge in [-0.15, -0.1) is 0 Å². The average molecular weight is 443 g/mol. The summed E-state index contributed by atoms with van der Waals surface area (Å²) in [7, 11) is 1.96. The lowest BCUT2D eigenvalue weighted by atomic mass is 9.32. The van der Waals surface area contributed by atoms with Crippen LogP contribution in [0.2, 0.25) is 0 Å². The van der Waals surface area contributed by atoms with Gasteiger partial charge in [-0.05, 0) is 127 Å². The summed E-state index contributed by atoms with van der Waals surface area (Å²) in [5.74, 6) is 5.47. The molecule has 32 heavy (non-hydrogen) atoms. The van der Waals surface area contributed by atoms with Crippen molar-refractivity contribution in [2.24, 2.45) is 62.6 Å². The second-order valence-electron chi connectivity index (χ2n) is 15.4. The lowest BCUT2D eigenvalue weighted by molar-refractivity contribution is -0.249. The Balaban J connectivity index is 1.52. The summed E-state index contributed by atoms with van der Waals surface area (Å²) < 4.78 is 6.06. The Kier molecular flexibility index (Phi) is 5.36. The Bertz CT molecular complexity index is 739. The molecule has 10 atom stereocenters. The molecule has 5 fully saturated rings. The third kappa shape index (κ3) is 2.79. The number of methoxy groups -OCH3 is 1. The molecule has 0 aromatic rings. The maximum atomic E-state index is 6.06. The van der Waals surface area contributed by atoms with Crippen molar-refractivity contribution < 1.29 is 4.74 Å². The van der Waals surface area contributed by atoms with Gasteiger partial charge in [-0.1, -0.05) is 55.4 Å². The van der Waals surface area contributed by atoms with E-state index in [0.29, 0.717) is 33.2 Å². The van der Waals surface area contributed by atoms with Crippen molar-refractivity contribution in [3.63, 3.8) is 0 Å². The van der Waals surface area contributed by atoms with Gasteiger partial charge in [-0.3, -0.25) is 0 Å². The van der Waals surface area contributed by atoms with E-state index in [-0.39, 0.29) is 0 Å². The van der Waals surface area contributed by atoms with Gasteiger partial charge in [-0.2, -0.15) is 0 Å². The largest absolute Gasteiger partial charge is 0.381 e. The maximum absolute atomic E-state index is 6.06. The van der Waals surface area contributed by atoms with E-state index in [4.69, 9.17) is 4.74 Å². The van der Waals surface area contributed by atoms with E-state index in [1.54, 1.807) is 0 Å². The second kappa shape index (κ2) is 7.24. The first-order chi connectivity index (χ1) is 14.8. The topological polar surface area (TPSA) is 9.23 Å². The number of fused-ring (bicyclic) bond motifs is 7. The van der Waals surface area contributed by atoms with E-state index in [1.165, 1.54) is 64.2 Å². The maximum Gasteiger partial charge on any atom is 0.0625 e. The fourth-order valence-electron chi connectivity index (χ4n) is 12.1. The summed E-state index contributed by atoms with van der Waals surface area (Å²) >= 11 is 0. The van der Waals surface area contributed by atoms with Gasteiger partial charge in [-0.25, -0.2) is 0 Å². The molecule has 5 saturated carbocycles. The number of hydrogen-bond acceptors (Lipinski definition) is 1. The molecule has 0 bridgehead atoms. The van der Waals surface area contributed by atoms with Crippen molar-refractivity contribution in [2.75, 3.05) is 7.11 Å². The van der Waals surface area contributed by atoms with Crippen LogP contribution in [-0.2, 0) is 4.74 Å². The molecule has 0 saturated heterocycles. The Labute approximate surface area is 200 Å². The van der Waals surface area contributed by atoms with Crippen LogP contribution in [-0.4, -0.2) is 13.2 Å². The fourth-order valence-corrected chi connectivity index (χ4v) is 12.1. The minimum absolute atomic E-state index is 0.306. The van der Waals surface area contributed by atoms with Crippen molar-refractivity contribution in [1.29, 1.82) is 0 Å². The fraction of sp³-hybridized carbons (Fsp3) is 1.00. The zero-order chi connectivity index (χ0) is 23.3. The van der Waals surface area contributed by atoms with Crippen LogP contribution in [0.1, 0.15) is 120 Å². The molecule has 0 amide bonds. The molecule has 1 heteroatoms.